The molecular formula is C24H17N3O4S. The topological polar surface area (TPSA) is 96.9 Å². The number of hydrazone groups is 1. The number of fused-ring (bicyclic) bond motifs is 1. The molecule has 0 aliphatic rings. The summed E-state index contributed by atoms with van der Waals surface area (Å²) in [5.41, 5.74) is 3.39. The number of hydrogen-bond acceptors (Lipinski definition) is 6. The maximum Gasteiger partial charge on any atom is 0.353 e. The minimum atomic E-state index is -0.893. The molecule has 0 radical (unpaired) electrons. The SMILES string of the molecule is O=C(NN=Cc1ccc(OC(=O)c2cccs2)cc1)C(=O)Nc1cccc2ccccc12. The quantitative estimate of drug-likeness (QED) is 0.159. The Bertz CT molecular complexity index is 1290. The summed E-state index contributed by atoms with van der Waals surface area (Å²) in [5, 5.41) is 9.99. The standard InChI is InChI=1S/C24H17N3O4S/c28-22(26-20-8-3-6-17-5-1-2-7-19(17)20)23(29)27-25-15-16-10-12-18(13-11-16)31-24(30)21-9-4-14-32-21/h1-15H,(H,26,28)(H,27,29). The van der Waals surface area contributed by atoms with Crippen molar-refractivity contribution in [2.24, 2.45) is 5.10 Å². The second-order valence-corrected chi connectivity index (χ2v) is 7.56. The van der Waals surface area contributed by atoms with Crippen LogP contribution < -0.4 is 15.5 Å². The monoisotopic (exact) mass is 443 g/mol. The highest BCUT2D eigenvalue weighted by molar-refractivity contribution is 7.12. The number of ether oxygens (including phenoxy) is 1. The Morgan fingerprint density at radius 1 is 0.844 bits per heavy atom. The maximum atomic E-state index is 12.2. The number of anilines is 1. The molecule has 32 heavy (non-hydrogen) atoms. The van der Waals surface area contributed by atoms with E-state index in [0.717, 1.165) is 10.8 Å². The molecule has 0 spiro atoms. The van der Waals surface area contributed by atoms with Crippen LogP contribution >= 0.6 is 11.3 Å². The van der Waals surface area contributed by atoms with Crippen molar-refractivity contribution >= 4 is 51.8 Å². The van der Waals surface area contributed by atoms with E-state index in [0.29, 0.717) is 21.9 Å². The third-order valence-electron chi connectivity index (χ3n) is 4.44. The molecule has 2 N–H and O–H groups in total. The molecule has 8 heteroatoms. The number of amides is 2. The molecule has 4 rings (SSSR count). The van der Waals surface area contributed by atoms with Gasteiger partial charge in [-0.1, -0.05) is 42.5 Å². The van der Waals surface area contributed by atoms with Crippen LogP contribution in [0.1, 0.15) is 15.2 Å². The largest absolute Gasteiger partial charge is 0.422 e. The van der Waals surface area contributed by atoms with Crippen LogP contribution in [0.15, 0.2) is 89.3 Å². The van der Waals surface area contributed by atoms with Crippen molar-refractivity contribution in [3.05, 3.63) is 94.7 Å². The summed E-state index contributed by atoms with van der Waals surface area (Å²) in [6, 6.07) is 23.0. The van der Waals surface area contributed by atoms with Crippen molar-refractivity contribution in [3.8, 4) is 5.75 Å². The van der Waals surface area contributed by atoms with E-state index in [2.05, 4.69) is 15.8 Å². The van der Waals surface area contributed by atoms with Gasteiger partial charge in [0.2, 0.25) is 0 Å². The average molecular weight is 443 g/mol. The molecule has 0 saturated carbocycles. The van der Waals surface area contributed by atoms with Gasteiger partial charge in [-0.15, -0.1) is 11.3 Å². The molecule has 0 bridgehead atoms. The molecule has 2 amide bonds. The first kappa shape index (κ1) is 21.0. The van der Waals surface area contributed by atoms with Crippen LogP contribution in [0.5, 0.6) is 5.75 Å². The van der Waals surface area contributed by atoms with Crippen LogP contribution in [0.2, 0.25) is 0 Å². The number of thiophene rings is 1. The van der Waals surface area contributed by atoms with Crippen LogP contribution in [0.4, 0.5) is 5.69 Å². The van der Waals surface area contributed by atoms with Gasteiger partial charge in [0.1, 0.15) is 10.6 Å². The fourth-order valence-electron chi connectivity index (χ4n) is 2.90. The van der Waals surface area contributed by atoms with E-state index in [1.807, 2.05) is 30.3 Å². The minimum absolute atomic E-state index is 0.388. The van der Waals surface area contributed by atoms with Gasteiger partial charge in [0.05, 0.1) is 6.21 Å². The molecule has 0 saturated heterocycles. The second kappa shape index (κ2) is 9.67. The summed E-state index contributed by atoms with van der Waals surface area (Å²) in [6.07, 6.45) is 1.38. The molecule has 0 fully saturated rings. The van der Waals surface area contributed by atoms with Gasteiger partial charge >= 0.3 is 17.8 Å². The van der Waals surface area contributed by atoms with Gasteiger partial charge in [0.15, 0.2) is 0 Å². The lowest BCUT2D eigenvalue weighted by Gasteiger charge is -2.07. The fraction of sp³-hybridized carbons (Fsp3) is 0. The van der Waals surface area contributed by atoms with Crippen molar-refractivity contribution in [1.29, 1.82) is 0 Å². The minimum Gasteiger partial charge on any atom is -0.422 e. The van der Waals surface area contributed by atoms with E-state index in [1.165, 1.54) is 17.6 Å². The number of nitrogens with one attached hydrogen (secondary N) is 2. The van der Waals surface area contributed by atoms with E-state index in [9.17, 15) is 14.4 Å². The molecule has 0 aliphatic carbocycles. The zero-order valence-electron chi connectivity index (χ0n) is 16.6. The van der Waals surface area contributed by atoms with Gasteiger partial charge in [-0.3, -0.25) is 9.59 Å². The summed E-state index contributed by atoms with van der Waals surface area (Å²) < 4.78 is 5.28. The molecule has 0 aliphatic heterocycles. The zero-order valence-corrected chi connectivity index (χ0v) is 17.5. The third kappa shape index (κ3) is 5.05. The Balaban J connectivity index is 1.31. The third-order valence-corrected chi connectivity index (χ3v) is 5.29. The van der Waals surface area contributed by atoms with Crippen molar-refractivity contribution in [1.82, 2.24) is 5.43 Å². The molecule has 0 unspecified atom stereocenters. The number of carbonyl (C=O) groups excluding carboxylic acids is 3. The predicted octanol–water partition coefficient (Wildman–Crippen LogP) is 4.21. The second-order valence-electron chi connectivity index (χ2n) is 6.62. The van der Waals surface area contributed by atoms with Crippen LogP contribution in [0, 0.1) is 0 Å². The number of benzene rings is 3. The average Bonchev–Trinajstić information content (AvgIpc) is 3.36. The van der Waals surface area contributed by atoms with Gasteiger partial charge in [-0.25, -0.2) is 10.2 Å². The van der Waals surface area contributed by atoms with Crippen LogP contribution in [0.25, 0.3) is 10.8 Å². The van der Waals surface area contributed by atoms with Gasteiger partial charge in [0.25, 0.3) is 0 Å². The van der Waals surface area contributed by atoms with E-state index < -0.39 is 17.8 Å². The van der Waals surface area contributed by atoms with E-state index >= 15 is 0 Å². The number of nitrogens with zero attached hydrogens (tertiary/aromatic N) is 1. The summed E-state index contributed by atoms with van der Waals surface area (Å²) in [5.74, 6) is -1.75. The first-order valence-electron chi connectivity index (χ1n) is 9.58. The molecule has 4 aromatic rings. The Hall–Kier alpha value is -4.30. The molecule has 7 nitrogen and oxygen atoms in total. The number of hydrogen-bond donors (Lipinski definition) is 2. The Kier molecular flexibility index (Phi) is 6.33. The van der Waals surface area contributed by atoms with Gasteiger partial charge in [-0.05, 0) is 52.7 Å². The molecular weight excluding hydrogens is 426 g/mol. The van der Waals surface area contributed by atoms with E-state index in [1.54, 1.807) is 53.9 Å². The summed E-state index contributed by atoms with van der Waals surface area (Å²) in [6.45, 7) is 0. The Morgan fingerprint density at radius 2 is 1.62 bits per heavy atom. The van der Waals surface area contributed by atoms with Crippen molar-refractivity contribution in [2.75, 3.05) is 5.32 Å². The van der Waals surface area contributed by atoms with Gasteiger partial charge in [0, 0.05) is 11.1 Å². The number of esters is 1. The molecule has 1 heterocycles. The highest BCUT2D eigenvalue weighted by Crippen LogP contribution is 2.22. The summed E-state index contributed by atoms with van der Waals surface area (Å²) >= 11 is 1.30. The first-order chi connectivity index (χ1) is 15.6. The molecule has 158 valence electrons. The van der Waals surface area contributed by atoms with Crippen molar-refractivity contribution in [3.63, 3.8) is 0 Å². The lowest BCUT2D eigenvalue weighted by atomic mass is 10.1. The number of carbonyl (C=O) groups is 3. The smallest absolute Gasteiger partial charge is 0.353 e. The van der Waals surface area contributed by atoms with Crippen LogP contribution in [-0.4, -0.2) is 24.0 Å². The Labute approximate surface area is 187 Å². The zero-order chi connectivity index (χ0) is 22.3. The van der Waals surface area contributed by atoms with Gasteiger partial charge in [-0.2, -0.15) is 5.10 Å². The van der Waals surface area contributed by atoms with Gasteiger partial charge < -0.3 is 10.1 Å². The first-order valence-corrected chi connectivity index (χ1v) is 10.5. The van der Waals surface area contributed by atoms with Crippen molar-refractivity contribution in [2.45, 2.75) is 0 Å². The van der Waals surface area contributed by atoms with Crippen molar-refractivity contribution < 1.29 is 19.1 Å². The van der Waals surface area contributed by atoms with Crippen LogP contribution in [-0.2, 0) is 9.59 Å². The Morgan fingerprint density at radius 3 is 2.41 bits per heavy atom. The molecule has 1 aromatic heterocycles. The fourth-order valence-corrected chi connectivity index (χ4v) is 3.50. The highest BCUT2D eigenvalue weighted by atomic mass is 32.1. The van der Waals surface area contributed by atoms with E-state index in [-0.39, 0.29) is 0 Å². The lowest BCUT2D eigenvalue weighted by molar-refractivity contribution is -0.136. The predicted molar refractivity (Wildman–Crippen MR) is 124 cm³/mol. The normalized spacial score (nSPS) is 10.8. The lowest BCUT2D eigenvalue weighted by Crippen LogP contribution is -2.32. The highest BCUT2D eigenvalue weighted by Gasteiger charge is 2.14. The molecule has 3 aromatic carbocycles. The summed E-state index contributed by atoms with van der Waals surface area (Å²) in [4.78, 5) is 36.7. The van der Waals surface area contributed by atoms with Crippen LogP contribution in [0.3, 0.4) is 0 Å². The van der Waals surface area contributed by atoms with E-state index in [4.69, 9.17) is 4.74 Å². The maximum absolute atomic E-state index is 12.2. The summed E-state index contributed by atoms with van der Waals surface area (Å²) in [7, 11) is 0. The number of rotatable bonds is 5. The molecule has 0 atom stereocenters.